The first kappa shape index (κ1) is 14.2. The van der Waals surface area contributed by atoms with Crippen molar-refractivity contribution in [3.63, 3.8) is 0 Å². The third kappa shape index (κ3) is 4.48. The van der Waals surface area contributed by atoms with Gasteiger partial charge in [-0.05, 0) is 32.6 Å². The number of ether oxygens (including phenoxy) is 1. The zero-order chi connectivity index (χ0) is 12.8. The van der Waals surface area contributed by atoms with Gasteiger partial charge in [0.1, 0.15) is 6.61 Å². The fraction of sp³-hybridized carbons (Fsp3) is 0.462. The molecular formula is C13H18BrNO2. The van der Waals surface area contributed by atoms with Crippen molar-refractivity contribution < 1.29 is 9.53 Å². The summed E-state index contributed by atoms with van der Waals surface area (Å²) in [5.41, 5.74) is 1.60. The maximum absolute atomic E-state index is 11.9. The molecule has 0 aliphatic carbocycles. The fourth-order valence-corrected chi connectivity index (χ4v) is 1.83. The van der Waals surface area contributed by atoms with Gasteiger partial charge in [-0.25, -0.2) is 4.79 Å². The van der Waals surface area contributed by atoms with Crippen molar-refractivity contribution in [2.45, 2.75) is 11.8 Å². The van der Waals surface area contributed by atoms with Crippen molar-refractivity contribution in [1.29, 1.82) is 0 Å². The van der Waals surface area contributed by atoms with E-state index in [2.05, 4.69) is 15.9 Å². The summed E-state index contributed by atoms with van der Waals surface area (Å²) in [7, 11) is 3.89. The summed E-state index contributed by atoms with van der Waals surface area (Å²) in [4.78, 5) is 14.0. The van der Waals surface area contributed by atoms with Gasteiger partial charge in [0, 0.05) is 11.4 Å². The number of hydrogen-bond donors (Lipinski definition) is 0. The number of alkyl halides is 1. The minimum absolute atomic E-state index is 0.139. The van der Waals surface area contributed by atoms with Crippen molar-refractivity contribution >= 4 is 21.9 Å². The number of carbonyl (C=O) groups is 1. The molecule has 0 bridgehead atoms. The van der Waals surface area contributed by atoms with Gasteiger partial charge in [-0.1, -0.05) is 34.1 Å². The zero-order valence-corrected chi connectivity index (χ0v) is 12.0. The largest absolute Gasteiger partial charge is 0.461 e. The van der Waals surface area contributed by atoms with Crippen molar-refractivity contribution in [3.05, 3.63) is 35.4 Å². The highest BCUT2D eigenvalue weighted by Gasteiger charge is 2.14. The molecule has 0 heterocycles. The Morgan fingerprint density at radius 1 is 1.41 bits per heavy atom. The van der Waals surface area contributed by atoms with Crippen molar-refractivity contribution in [3.8, 4) is 0 Å². The molecule has 94 valence electrons. The van der Waals surface area contributed by atoms with Crippen molar-refractivity contribution in [1.82, 2.24) is 4.90 Å². The van der Waals surface area contributed by atoms with E-state index in [-0.39, 0.29) is 10.8 Å². The van der Waals surface area contributed by atoms with Gasteiger partial charge in [-0.3, -0.25) is 0 Å². The summed E-state index contributed by atoms with van der Waals surface area (Å²) < 4.78 is 5.23. The Kier molecular flexibility index (Phi) is 5.65. The number of nitrogens with zero attached hydrogens (tertiary/aromatic N) is 1. The first-order chi connectivity index (χ1) is 8.02. The molecule has 0 N–H and O–H groups in total. The second-order valence-corrected chi connectivity index (χ2v) is 5.52. The van der Waals surface area contributed by atoms with Crippen LogP contribution in [0.1, 0.15) is 27.7 Å². The molecule has 0 aromatic heterocycles. The normalized spacial score (nSPS) is 12.5. The van der Waals surface area contributed by atoms with Gasteiger partial charge < -0.3 is 9.64 Å². The van der Waals surface area contributed by atoms with E-state index in [9.17, 15) is 4.79 Å². The summed E-state index contributed by atoms with van der Waals surface area (Å²) in [6.07, 6.45) is 0. The molecule has 4 heteroatoms. The molecule has 1 aromatic carbocycles. The minimum atomic E-state index is -0.256. The number of benzene rings is 1. The molecule has 0 aliphatic heterocycles. The van der Waals surface area contributed by atoms with Gasteiger partial charge in [0.15, 0.2) is 0 Å². The molecule has 1 atom stereocenters. The minimum Gasteiger partial charge on any atom is -0.461 e. The van der Waals surface area contributed by atoms with Gasteiger partial charge in [0.25, 0.3) is 0 Å². The molecule has 0 saturated carbocycles. The van der Waals surface area contributed by atoms with Gasteiger partial charge in [-0.2, -0.15) is 0 Å². The summed E-state index contributed by atoms with van der Waals surface area (Å²) in [6.45, 7) is 3.14. The number of hydrogen-bond acceptors (Lipinski definition) is 3. The Labute approximate surface area is 111 Å². The van der Waals surface area contributed by atoms with E-state index in [0.717, 1.165) is 12.1 Å². The summed E-state index contributed by atoms with van der Waals surface area (Å²) in [5.74, 6) is -0.256. The quantitative estimate of drug-likeness (QED) is 0.618. The van der Waals surface area contributed by atoms with E-state index < -0.39 is 0 Å². The summed E-state index contributed by atoms with van der Waals surface area (Å²) >= 11 is 3.48. The van der Waals surface area contributed by atoms with E-state index >= 15 is 0 Å². The average Bonchev–Trinajstić information content (AvgIpc) is 2.28. The van der Waals surface area contributed by atoms with Gasteiger partial charge in [0.2, 0.25) is 0 Å². The SMILES string of the molecule is CC(Br)c1ccccc1C(=O)OCCN(C)C. The first-order valence-corrected chi connectivity index (χ1v) is 6.48. The standard InChI is InChI=1S/C13H18BrNO2/c1-10(14)11-6-4-5-7-12(11)13(16)17-9-8-15(2)3/h4-7,10H,8-9H2,1-3H3. The Hall–Kier alpha value is -0.870. The third-order valence-corrected chi connectivity index (χ3v) is 2.87. The lowest BCUT2D eigenvalue weighted by Gasteiger charge is -2.13. The van der Waals surface area contributed by atoms with Crippen LogP contribution in [0.15, 0.2) is 24.3 Å². The highest BCUT2D eigenvalue weighted by atomic mass is 79.9. The Balaban J connectivity index is 2.68. The summed E-state index contributed by atoms with van der Waals surface area (Å²) in [5, 5.41) is 0. The Morgan fingerprint density at radius 2 is 2.06 bits per heavy atom. The second kappa shape index (κ2) is 6.77. The maximum Gasteiger partial charge on any atom is 0.338 e. The average molecular weight is 300 g/mol. The lowest BCUT2D eigenvalue weighted by atomic mass is 10.1. The molecule has 1 aromatic rings. The number of carbonyl (C=O) groups excluding carboxylic acids is 1. The molecule has 1 rings (SSSR count). The summed E-state index contributed by atoms with van der Waals surface area (Å²) in [6, 6.07) is 7.50. The Bertz CT molecular complexity index is 377. The lowest BCUT2D eigenvalue weighted by Crippen LogP contribution is -2.20. The van der Waals surface area contributed by atoms with Gasteiger partial charge in [-0.15, -0.1) is 0 Å². The molecule has 0 radical (unpaired) electrons. The van der Waals surface area contributed by atoms with Crippen LogP contribution in [-0.4, -0.2) is 38.1 Å². The molecule has 0 fully saturated rings. The van der Waals surface area contributed by atoms with Crippen molar-refractivity contribution in [2.75, 3.05) is 27.2 Å². The number of rotatable bonds is 5. The predicted molar refractivity (Wildman–Crippen MR) is 72.6 cm³/mol. The molecule has 0 spiro atoms. The Morgan fingerprint density at radius 3 is 2.65 bits per heavy atom. The molecule has 1 unspecified atom stereocenters. The fourth-order valence-electron chi connectivity index (χ4n) is 1.43. The van der Waals surface area contributed by atoms with E-state index in [1.165, 1.54) is 0 Å². The van der Waals surface area contributed by atoms with Crippen LogP contribution >= 0.6 is 15.9 Å². The van der Waals surface area contributed by atoms with Gasteiger partial charge >= 0.3 is 5.97 Å². The van der Waals surface area contributed by atoms with E-state index in [0.29, 0.717) is 12.2 Å². The topological polar surface area (TPSA) is 29.5 Å². The third-order valence-electron chi connectivity index (χ3n) is 2.38. The molecule has 0 amide bonds. The number of likely N-dealkylation sites (N-methyl/N-ethyl adjacent to an activating group) is 1. The van der Waals surface area contributed by atoms with Crippen LogP contribution in [0.5, 0.6) is 0 Å². The molecule has 0 aliphatic rings. The van der Waals surface area contributed by atoms with Crippen LogP contribution < -0.4 is 0 Å². The molecule has 17 heavy (non-hydrogen) atoms. The van der Waals surface area contributed by atoms with E-state index in [4.69, 9.17) is 4.74 Å². The van der Waals surface area contributed by atoms with Crippen LogP contribution in [0.25, 0.3) is 0 Å². The van der Waals surface area contributed by atoms with Crippen molar-refractivity contribution in [2.24, 2.45) is 0 Å². The van der Waals surface area contributed by atoms with Crippen LogP contribution in [0.4, 0.5) is 0 Å². The maximum atomic E-state index is 11.9. The van der Waals surface area contributed by atoms with E-state index in [1.54, 1.807) is 6.07 Å². The van der Waals surface area contributed by atoms with Crippen LogP contribution in [0.3, 0.4) is 0 Å². The van der Waals surface area contributed by atoms with Gasteiger partial charge in [0.05, 0.1) is 5.56 Å². The highest BCUT2D eigenvalue weighted by Crippen LogP contribution is 2.25. The predicted octanol–water partition coefficient (Wildman–Crippen LogP) is 2.86. The zero-order valence-electron chi connectivity index (χ0n) is 10.4. The lowest BCUT2D eigenvalue weighted by molar-refractivity contribution is 0.0480. The number of halogens is 1. The van der Waals surface area contributed by atoms with Crippen LogP contribution in [0.2, 0.25) is 0 Å². The van der Waals surface area contributed by atoms with Crippen LogP contribution in [0, 0.1) is 0 Å². The smallest absolute Gasteiger partial charge is 0.338 e. The van der Waals surface area contributed by atoms with Crippen LogP contribution in [-0.2, 0) is 4.74 Å². The highest BCUT2D eigenvalue weighted by molar-refractivity contribution is 9.09. The molecule has 3 nitrogen and oxygen atoms in total. The molecular weight excluding hydrogens is 282 g/mol. The van der Waals surface area contributed by atoms with E-state index in [1.807, 2.05) is 44.1 Å². The first-order valence-electron chi connectivity index (χ1n) is 5.57. The molecule has 0 saturated heterocycles. The monoisotopic (exact) mass is 299 g/mol. The second-order valence-electron chi connectivity index (χ2n) is 4.14. The number of esters is 1.